The molecule has 0 fully saturated rings. The van der Waals surface area contributed by atoms with E-state index in [1.165, 1.54) is 39.5 Å². The van der Waals surface area contributed by atoms with E-state index in [-0.39, 0.29) is 11.1 Å². The Kier molecular flexibility index (Phi) is 7.04. The van der Waals surface area contributed by atoms with Gasteiger partial charge in [-0.25, -0.2) is 4.98 Å². The van der Waals surface area contributed by atoms with Crippen LogP contribution in [0.4, 0.5) is 5.69 Å². The zero-order chi connectivity index (χ0) is 27.5. The summed E-state index contributed by atoms with van der Waals surface area (Å²) in [5.74, 6) is 2.19. The molecule has 0 N–H and O–H groups in total. The molecule has 0 saturated carbocycles. The average Bonchev–Trinajstić information content (AvgIpc) is 3.36. The van der Waals surface area contributed by atoms with Crippen LogP contribution in [0.5, 0.6) is 23.0 Å². The third kappa shape index (κ3) is 5.06. The summed E-state index contributed by atoms with van der Waals surface area (Å²) >= 11 is 0. The second kappa shape index (κ2) is 10.7. The number of imidazole rings is 1. The second-order valence-electron chi connectivity index (χ2n) is 8.62. The number of nitro groups is 1. The third-order valence-corrected chi connectivity index (χ3v) is 6.28. The van der Waals surface area contributed by atoms with Crippen molar-refractivity contribution in [2.45, 2.75) is 13.0 Å². The zero-order valence-corrected chi connectivity index (χ0v) is 21.5. The van der Waals surface area contributed by atoms with Crippen LogP contribution in [0.15, 0.2) is 70.1 Å². The fraction of sp³-hybridized carbons (Fsp3) is 0.214. The maximum atomic E-state index is 12.8. The molecule has 0 unspecified atom stereocenters. The molecular weight excluding hydrogens is 506 g/mol. The lowest BCUT2D eigenvalue weighted by Gasteiger charge is -2.14. The number of aryl methyl sites for hydroxylation is 1. The fourth-order valence-electron chi connectivity index (χ4n) is 4.35. The molecule has 0 atom stereocenters. The normalized spacial score (nSPS) is 11.1. The molecule has 0 amide bonds. The highest BCUT2D eigenvalue weighted by Gasteiger charge is 2.17. The number of benzene rings is 3. The van der Waals surface area contributed by atoms with Gasteiger partial charge in [0.1, 0.15) is 17.1 Å². The van der Waals surface area contributed by atoms with Crippen molar-refractivity contribution < 1.29 is 28.3 Å². The van der Waals surface area contributed by atoms with Crippen LogP contribution in [0.2, 0.25) is 0 Å². The first kappa shape index (κ1) is 25.6. The highest BCUT2D eigenvalue weighted by molar-refractivity contribution is 5.81. The summed E-state index contributed by atoms with van der Waals surface area (Å²) in [4.78, 5) is 27.8. The van der Waals surface area contributed by atoms with E-state index in [0.29, 0.717) is 75.9 Å². The molecule has 0 aliphatic heterocycles. The predicted molar refractivity (Wildman–Crippen MR) is 144 cm³/mol. The summed E-state index contributed by atoms with van der Waals surface area (Å²) < 4.78 is 30.1. The summed E-state index contributed by atoms with van der Waals surface area (Å²) in [6, 6.07) is 14.5. The van der Waals surface area contributed by atoms with Gasteiger partial charge in [-0.05, 0) is 36.8 Å². The van der Waals surface area contributed by atoms with E-state index in [0.717, 1.165) is 0 Å². The lowest BCUT2D eigenvalue weighted by atomic mass is 10.1. The fourth-order valence-corrected chi connectivity index (χ4v) is 4.35. The van der Waals surface area contributed by atoms with Crippen LogP contribution in [0.25, 0.3) is 33.3 Å². The number of aromatic nitrogens is 2. The number of hydrogen-bond donors (Lipinski definition) is 0. The number of rotatable bonds is 10. The Bertz CT molecular complexity index is 1720. The van der Waals surface area contributed by atoms with Gasteiger partial charge in [-0.1, -0.05) is 0 Å². The number of nitro benzene ring substituents is 1. The van der Waals surface area contributed by atoms with E-state index in [9.17, 15) is 14.9 Å². The molecule has 5 rings (SSSR count). The van der Waals surface area contributed by atoms with Crippen molar-refractivity contribution >= 4 is 27.7 Å². The molecule has 200 valence electrons. The van der Waals surface area contributed by atoms with Crippen molar-refractivity contribution in [3.8, 4) is 34.3 Å². The monoisotopic (exact) mass is 531 g/mol. The van der Waals surface area contributed by atoms with E-state index in [4.69, 9.17) is 23.4 Å². The van der Waals surface area contributed by atoms with Gasteiger partial charge in [-0.3, -0.25) is 14.9 Å². The SMILES string of the molecule is COc1cc(-c2cc(=O)c3ccc(OCCCn4cnc5ccc([N+](=O)[O-])cc54)cc3o2)cc(OC)c1OC. The molecule has 0 bridgehead atoms. The predicted octanol–water partition coefficient (Wildman–Crippen LogP) is 5.21. The van der Waals surface area contributed by atoms with Crippen LogP contribution in [0.1, 0.15) is 6.42 Å². The number of non-ortho nitro benzene ring substituents is 1. The first-order valence-electron chi connectivity index (χ1n) is 12.0. The Morgan fingerprint density at radius 2 is 1.74 bits per heavy atom. The molecule has 11 heteroatoms. The first-order valence-corrected chi connectivity index (χ1v) is 12.0. The van der Waals surface area contributed by atoms with E-state index < -0.39 is 4.92 Å². The molecule has 39 heavy (non-hydrogen) atoms. The standard InChI is InChI=1S/C28H25N3O8/c1-35-26-11-17(12-27(36-2)28(26)37-3)24-15-23(32)20-7-6-19(14-25(20)39-24)38-10-4-9-30-16-29-21-8-5-18(31(33)34)13-22(21)30/h5-8,11-16H,4,9-10H2,1-3H3. The van der Waals surface area contributed by atoms with E-state index in [1.54, 1.807) is 42.7 Å². The van der Waals surface area contributed by atoms with Gasteiger partial charge in [-0.15, -0.1) is 0 Å². The maximum absolute atomic E-state index is 12.8. The van der Waals surface area contributed by atoms with Gasteiger partial charge in [0.05, 0.1) is 55.6 Å². The van der Waals surface area contributed by atoms with Gasteiger partial charge in [0, 0.05) is 36.4 Å². The van der Waals surface area contributed by atoms with Crippen LogP contribution in [0, 0.1) is 10.1 Å². The van der Waals surface area contributed by atoms with Gasteiger partial charge in [0.2, 0.25) is 5.75 Å². The summed E-state index contributed by atoms with van der Waals surface area (Å²) in [5, 5.41) is 11.5. The average molecular weight is 532 g/mol. The van der Waals surface area contributed by atoms with Crippen LogP contribution < -0.4 is 24.4 Å². The van der Waals surface area contributed by atoms with E-state index >= 15 is 0 Å². The van der Waals surface area contributed by atoms with Gasteiger partial charge in [0.25, 0.3) is 5.69 Å². The van der Waals surface area contributed by atoms with Crippen LogP contribution in [-0.4, -0.2) is 42.4 Å². The molecule has 3 aromatic carbocycles. The summed E-state index contributed by atoms with van der Waals surface area (Å²) in [6.07, 6.45) is 2.28. The number of fused-ring (bicyclic) bond motifs is 2. The number of methoxy groups -OCH3 is 3. The minimum absolute atomic E-state index is 0.0176. The Morgan fingerprint density at radius 3 is 2.44 bits per heavy atom. The molecule has 11 nitrogen and oxygen atoms in total. The topological polar surface area (TPSA) is 128 Å². The van der Waals surface area contributed by atoms with E-state index in [2.05, 4.69) is 4.98 Å². The van der Waals surface area contributed by atoms with Crippen LogP contribution in [0.3, 0.4) is 0 Å². The van der Waals surface area contributed by atoms with Crippen molar-refractivity contribution in [3.05, 3.63) is 81.3 Å². The summed E-state index contributed by atoms with van der Waals surface area (Å²) in [6.45, 7) is 0.933. The highest BCUT2D eigenvalue weighted by Crippen LogP contribution is 2.41. The second-order valence-corrected chi connectivity index (χ2v) is 8.62. The van der Waals surface area contributed by atoms with Crippen molar-refractivity contribution in [2.75, 3.05) is 27.9 Å². The summed E-state index contributed by atoms with van der Waals surface area (Å²) in [7, 11) is 4.54. The van der Waals surface area contributed by atoms with Crippen molar-refractivity contribution in [2.24, 2.45) is 0 Å². The van der Waals surface area contributed by atoms with Crippen LogP contribution >= 0.6 is 0 Å². The third-order valence-electron chi connectivity index (χ3n) is 6.28. The Balaban J connectivity index is 1.34. The number of ether oxygens (including phenoxy) is 4. The molecule has 0 aliphatic rings. The van der Waals surface area contributed by atoms with Crippen molar-refractivity contribution in [1.82, 2.24) is 9.55 Å². The molecule has 0 radical (unpaired) electrons. The number of hydrogen-bond acceptors (Lipinski definition) is 9. The Morgan fingerprint density at radius 1 is 0.974 bits per heavy atom. The lowest BCUT2D eigenvalue weighted by molar-refractivity contribution is -0.384. The van der Waals surface area contributed by atoms with Crippen LogP contribution in [-0.2, 0) is 6.54 Å². The van der Waals surface area contributed by atoms with Crippen molar-refractivity contribution in [1.29, 1.82) is 0 Å². The molecule has 2 aromatic heterocycles. The molecule has 2 heterocycles. The Hall–Kier alpha value is -5.06. The minimum atomic E-state index is -0.426. The minimum Gasteiger partial charge on any atom is -0.493 e. The quantitative estimate of drug-likeness (QED) is 0.135. The molecular formula is C28H25N3O8. The highest BCUT2D eigenvalue weighted by atomic mass is 16.6. The van der Waals surface area contributed by atoms with Gasteiger partial charge >= 0.3 is 0 Å². The smallest absolute Gasteiger partial charge is 0.271 e. The van der Waals surface area contributed by atoms with Gasteiger partial charge in [-0.2, -0.15) is 0 Å². The van der Waals surface area contributed by atoms with E-state index in [1.807, 2.05) is 4.57 Å². The van der Waals surface area contributed by atoms with Gasteiger partial charge in [0.15, 0.2) is 16.9 Å². The zero-order valence-electron chi connectivity index (χ0n) is 21.5. The molecule has 0 aliphatic carbocycles. The molecule has 0 spiro atoms. The van der Waals surface area contributed by atoms with Crippen molar-refractivity contribution in [3.63, 3.8) is 0 Å². The largest absolute Gasteiger partial charge is 0.493 e. The maximum Gasteiger partial charge on any atom is 0.271 e. The van der Waals surface area contributed by atoms with Gasteiger partial charge < -0.3 is 27.9 Å². The molecule has 0 saturated heterocycles. The first-order chi connectivity index (χ1) is 18.9. The Labute approximate surface area is 222 Å². The summed E-state index contributed by atoms with van der Waals surface area (Å²) in [5.41, 5.74) is 2.15. The molecule has 5 aromatic rings. The number of nitrogens with zero attached hydrogens (tertiary/aromatic N) is 3. The lowest BCUT2D eigenvalue weighted by Crippen LogP contribution is -2.05.